The van der Waals surface area contributed by atoms with Gasteiger partial charge in [-0.05, 0) is 18.6 Å². The summed E-state index contributed by atoms with van der Waals surface area (Å²) in [6.07, 6.45) is 1.90. The Hall–Kier alpha value is -1.66. The first-order chi connectivity index (χ1) is 9.58. The fourth-order valence-electron chi connectivity index (χ4n) is 1.78. The SMILES string of the molecule is CCCNc1cc(C(=O)N(C)CC(O)COC)ccn1. The molecule has 6 nitrogen and oxygen atoms in total. The highest BCUT2D eigenvalue weighted by Crippen LogP contribution is 2.09. The van der Waals surface area contributed by atoms with E-state index in [4.69, 9.17) is 4.74 Å². The second kappa shape index (κ2) is 8.50. The summed E-state index contributed by atoms with van der Waals surface area (Å²) in [6.45, 7) is 3.31. The molecule has 1 heterocycles. The molecule has 0 aliphatic heterocycles. The van der Waals surface area contributed by atoms with Crippen molar-refractivity contribution in [3.63, 3.8) is 0 Å². The summed E-state index contributed by atoms with van der Waals surface area (Å²) in [6, 6.07) is 3.38. The van der Waals surface area contributed by atoms with Crippen LogP contribution >= 0.6 is 0 Å². The molecule has 1 aromatic heterocycles. The topological polar surface area (TPSA) is 74.7 Å². The molecule has 0 spiro atoms. The van der Waals surface area contributed by atoms with Gasteiger partial charge in [0.1, 0.15) is 5.82 Å². The number of hydrogen-bond acceptors (Lipinski definition) is 5. The van der Waals surface area contributed by atoms with Crippen LogP contribution in [0.1, 0.15) is 23.7 Å². The largest absolute Gasteiger partial charge is 0.389 e. The van der Waals surface area contributed by atoms with Crippen LogP contribution < -0.4 is 5.32 Å². The van der Waals surface area contributed by atoms with Gasteiger partial charge < -0.3 is 20.1 Å². The van der Waals surface area contributed by atoms with Crippen molar-refractivity contribution in [3.8, 4) is 0 Å². The zero-order valence-electron chi connectivity index (χ0n) is 12.3. The average molecular weight is 281 g/mol. The van der Waals surface area contributed by atoms with E-state index in [1.165, 1.54) is 12.0 Å². The summed E-state index contributed by atoms with van der Waals surface area (Å²) in [7, 11) is 3.17. The molecule has 0 radical (unpaired) electrons. The van der Waals surface area contributed by atoms with E-state index in [2.05, 4.69) is 17.2 Å². The van der Waals surface area contributed by atoms with Crippen LogP contribution in [0.4, 0.5) is 5.82 Å². The summed E-state index contributed by atoms with van der Waals surface area (Å²) in [5.74, 6) is 0.533. The van der Waals surface area contributed by atoms with Crippen molar-refractivity contribution in [1.82, 2.24) is 9.88 Å². The van der Waals surface area contributed by atoms with Crippen LogP contribution in [0.3, 0.4) is 0 Å². The summed E-state index contributed by atoms with van der Waals surface area (Å²) in [5.41, 5.74) is 0.547. The first-order valence-corrected chi connectivity index (χ1v) is 6.70. The number of amides is 1. The number of aliphatic hydroxyl groups is 1. The molecule has 1 unspecified atom stereocenters. The van der Waals surface area contributed by atoms with Crippen LogP contribution in [0.2, 0.25) is 0 Å². The molecule has 1 aromatic rings. The van der Waals surface area contributed by atoms with Gasteiger partial charge in [0.05, 0.1) is 12.7 Å². The lowest BCUT2D eigenvalue weighted by Crippen LogP contribution is -2.36. The standard InChI is InChI=1S/C14H23N3O3/c1-4-6-15-13-8-11(5-7-16-13)14(19)17(2)9-12(18)10-20-3/h5,7-8,12,18H,4,6,9-10H2,1-3H3,(H,15,16). The molecule has 0 aliphatic carbocycles. The number of aliphatic hydroxyl groups excluding tert-OH is 1. The fraction of sp³-hybridized carbons (Fsp3) is 0.571. The number of methoxy groups -OCH3 is 1. The lowest BCUT2D eigenvalue weighted by Gasteiger charge is -2.20. The van der Waals surface area contributed by atoms with Gasteiger partial charge in [0.25, 0.3) is 5.91 Å². The van der Waals surface area contributed by atoms with E-state index < -0.39 is 6.10 Å². The van der Waals surface area contributed by atoms with Gasteiger partial charge in [-0.25, -0.2) is 4.98 Å². The maximum atomic E-state index is 12.2. The molecule has 0 fully saturated rings. The third-order valence-corrected chi connectivity index (χ3v) is 2.75. The minimum atomic E-state index is -0.687. The van der Waals surface area contributed by atoms with E-state index in [1.54, 1.807) is 25.4 Å². The van der Waals surface area contributed by atoms with Crippen molar-refractivity contribution in [2.24, 2.45) is 0 Å². The highest BCUT2D eigenvalue weighted by molar-refractivity contribution is 5.94. The quantitative estimate of drug-likeness (QED) is 0.743. The molecular formula is C14H23N3O3. The minimum absolute atomic E-state index is 0.151. The molecule has 1 atom stereocenters. The van der Waals surface area contributed by atoms with E-state index in [9.17, 15) is 9.90 Å². The molecule has 112 valence electrons. The number of nitrogens with one attached hydrogen (secondary N) is 1. The van der Waals surface area contributed by atoms with E-state index in [0.29, 0.717) is 11.4 Å². The summed E-state index contributed by atoms with van der Waals surface area (Å²) < 4.78 is 4.85. The van der Waals surface area contributed by atoms with Crippen LogP contribution in [0.15, 0.2) is 18.3 Å². The van der Waals surface area contributed by atoms with Gasteiger partial charge >= 0.3 is 0 Å². The lowest BCUT2D eigenvalue weighted by atomic mass is 10.2. The Morgan fingerprint density at radius 3 is 3.00 bits per heavy atom. The van der Waals surface area contributed by atoms with E-state index >= 15 is 0 Å². The van der Waals surface area contributed by atoms with Gasteiger partial charge in [-0.1, -0.05) is 6.92 Å². The van der Waals surface area contributed by atoms with Gasteiger partial charge in [0.2, 0.25) is 0 Å². The van der Waals surface area contributed by atoms with Crippen molar-refractivity contribution in [1.29, 1.82) is 0 Å². The summed E-state index contributed by atoms with van der Waals surface area (Å²) >= 11 is 0. The van der Waals surface area contributed by atoms with Crippen LogP contribution in [0, 0.1) is 0 Å². The first kappa shape index (κ1) is 16.4. The normalized spacial score (nSPS) is 12.0. The number of pyridine rings is 1. The fourth-order valence-corrected chi connectivity index (χ4v) is 1.78. The Labute approximate surface area is 119 Å². The maximum absolute atomic E-state index is 12.2. The zero-order chi connectivity index (χ0) is 15.0. The van der Waals surface area contributed by atoms with Crippen LogP contribution in [-0.2, 0) is 4.74 Å². The van der Waals surface area contributed by atoms with Crippen molar-refractivity contribution >= 4 is 11.7 Å². The number of rotatable bonds is 8. The molecule has 0 aromatic carbocycles. The van der Waals surface area contributed by atoms with Gasteiger partial charge in [0.15, 0.2) is 0 Å². The number of anilines is 1. The first-order valence-electron chi connectivity index (χ1n) is 6.70. The predicted molar refractivity (Wildman–Crippen MR) is 77.9 cm³/mol. The van der Waals surface area contributed by atoms with Crippen LogP contribution in [0.25, 0.3) is 0 Å². The van der Waals surface area contributed by atoms with Gasteiger partial charge in [-0.2, -0.15) is 0 Å². The second-order valence-corrected chi connectivity index (χ2v) is 4.65. The molecule has 0 saturated carbocycles. The molecule has 0 saturated heterocycles. The third-order valence-electron chi connectivity index (χ3n) is 2.75. The van der Waals surface area contributed by atoms with E-state index in [-0.39, 0.29) is 19.1 Å². The Morgan fingerprint density at radius 1 is 1.60 bits per heavy atom. The number of likely N-dealkylation sites (N-methyl/N-ethyl adjacent to an activating group) is 1. The molecule has 6 heteroatoms. The highest BCUT2D eigenvalue weighted by Gasteiger charge is 2.15. The Bertz CT molecular complexity index is 426. The zero-order valence-corrected chi connectivity index (χ0v) is 12.3. The number of hydrogen-bond donors (Lipinski definition) is 2. The smallest absolute Gasteiger partial charge is 0.253 e. The number of carbonyl (C=O) groups excluding carboxylic acids is 1. The molecular weight excluding hydrogens is 258 g/mol. The van der Waals surface area contributed by atoms with Gasteiger partial charge in [-0.3, -0.25) is 4.79 Å². The van der Waals surface area contributed by atoms with Crippen molar-refractivity contribution < 1.29 is 14.6 Å². The molecule has 20 heavy (non-hydrogen) atoms. The van der Waals surface area contributed by atoms with E-state index in [0.717, 1.165) is 13.0 Å². The third kappa shape index (κ3) is 5.14. The molecule has 0 aliphatic rings. The summed E-state index contributed by atoms with van der Waals surface area (Å²) in [5, 5.41) is 12.8. The van der Waals surface area contributed by atoms with Gasteiger partial charge in [-0.15, -0.1) is 0 Å². The molecule has 1 rings (SSSR count). The highest BCUT2D eigenvalue weighted by atomic mass is 16.5. The molecule has 2 N–H and O–H groups in total. The Morgan fingerprint density at radius 2 is 2.35 bits per heavy atom. The van der Waals surface area contributed by atoms with Gasteiger partial charge in [0, 0.05) is 39.0 Å². The number of ether oxygens (including phenoxy) is 1. The number of aromatic nitrogens is 1. The summed E-state index contributed by atoms with van der Waals surface area (Å²) in [4.78, 5) is 17.9. The Kier molecular flexibility index (Phi) is 6.97. The minimum Gasteiger partial charge on any atom is -0.389 e. The second-order valence-electron chi connectivity index (χ2n) is 4.65. The molecule has 0 bridgehead atoms. The average Bonchev–Trinajstić information content (AvgIpc) is 2.44. The van der Waals surface area contributed by atoms with Crippen LogP contribution in [-0.4, -0.2) is 60.9 Å². The Balaban J connectivity index is 2.66. The van der Waals surface area contributed by atoms with Crippen molar-refractivity contribution in [2.45, 2.75) is 19.4 Å². The number of carbonyl (C=O) groups is 1. The van der Waals surface area contributed by atoms with E-state index in [1.807, 2.05) is 0 Å². The lowest BCUT2D eigenvalue weighted by molar-refractivity contribution is 0.0380. The molecule has 1 amide bonds. The predicted octanol–water partition coefficient (Wildman–Crippen LogP) is 0.983. The van der Waals surface area contributed by atoms with Crippen molar-refractivity contribution in [3.05, 3.63) is 23.9 Å². The van der Waals surface area contributed by atoms with Crippen LogP contribution in [0.5, 0.6) is 0 Å². The monoisotopic (exact) mass is 281 g/mol. The number of nitrogens with zero attached hydrogens (tertiary/aromatic N) is 2. The maximum Gasteiger partial charge on any atom is 0.253 e. The van der Waals surface area contributed by atoms with Crippen molar-refractivity contribution in [2.75, 3.05) is 39.2 Å².